The third-order valence-corrected chi connectivity index (χ3v) is 0. The standard InChI is InChI=1S/BO3.Ca.Ho/c2-1(3)4;;/q-3;+2;+3. The molecule has 0 aliphatic carbocycles. The molecule has 6 heteroatoms. The largest absolute Gasteiger partial charge is 3.00 e. The van der Waals surface area contributed by atoms with Gasteiger partial charge in [-0.15, -0.1) is 0 Å². The molecule has 0 heterocycles. The van der Waals surface area contributed by atoms with Crippen LogP contribution in [0.2, 0.25) is 0 Å². The fourth-order valence-electron chi connectivity index (χ4n) is 0. The fraction of sp³-hybridized carbons (Fsp3) is 0. The second-order valence-corrected chi connectivity index (χ2v) is 0.289. The molecule has 0 bridgehead atoms. The van der Waals surface area contributed by atoms with Crippen molar-refractivity contribution in [2.24, 2.45) is 0 Å². The topological polar surface area (TPSA) is 69.2 Å². The average molecular weight is 264 g/mol. The molecule has 0 radical (unpaired) electrons. The van der Waals surface area contributed by atoms with Crippen molar-refractivity contribution in [1.82, 2.24) is 0 Å². The van der Waals surface area contributed by atoms with Gasteiger partial charge >= 0.3 is 75.5 Å². The number of hydrogen-bond acceptors (Lipinski definition) is 3. The van der Waals surface area contributed by atoms with E-state index in [9.17, 15) is 0 Å². The molecule has 0 aromatic carbocycles. The zero-order valence-electron chi connectivity index (χ0n) is 2.81. The predicted octanol–water partition coefficient (Wildman–Crippen LogP) is -4.33. The molecule has 0 unspecified atom stereocenters. The van der Waals surface area contributed by atoms with E-state index in [0.29, 0.717) is 0 Å². The Hall–Kier alpha value is 2.46. The van der Waals surface area contributed by atoms with E-state index in [1.54, 1.807) is 0 Å². The summed E-state index contributed by atoms with van der Waals surface area (Å²) < 4.78 is 0. The first-order valence-corrected chi connectivity index (χ1v) is 0.707. The maximum absolute atomic E-state index is 8.42. The minimum Gasteiger partial charge on any atom is -0.907 e. The maximum Gasteiger partial charge on any atom is 3.00 e. The molecule has 0 saturated carbocycles. The van der Waals surface area contributed by atoms with Gasteiger partial charge in [-0.3, -0.25) is 7.32 Å². The Morgan fingerprint density at radius 2 is 1.00 bits per heavy atom. The molecule has 0 aromatic rings. The van der Waals surface area contributed by atoms with E-state index in [2.05, 4.69) is 0 Å². The Morgan fingerprint density at radius 1 is 1.00 bits per heavy atom. The van der Waals surface area contributed by atoms with Gasteiger partial charge in [0.1, 0.15) is 0 Å². The second-order valence-electron chi connectivity index (χ2n) is 0.289. The zero-order chi connectivity index (χ0) is 3.58. The molecule has 0 amide bonds. The van der Waals surface area contributed by atoms with Crippen molar-refractivity contribution in [3.05, 3.63) is 0 Å². The van der Waals surface area contributed by atoms with E-state index in [1.807, 2.05) is 0 Å². The van der Waals surface area contributed by atoms with Crippen molar-refractivity contribution < 1.29 is 52.8 Å². The third kappa shape index (κ3) is 31.8. The maximum atomic E-state index is 8.42. The van der Waals surface area contributed by atoms with Crippen LogP contribution in [-0.2, 0) is 0 Å². The minimum atomic E-state index is -2.92. The van der Waals surface area contributed by atoms with Crippen LogP contribution in [0.4, 0.5) is 0 Å². The van der Waals surface area contributed by atoms with E-state index in [4.69, 9.17) is 15.1 Å². The molecule has 0 atom stereocenters. The van der Waals surface area contributed by atoms with Crippen LogP contribution < -0.4 is 15.1 Å². The summed E-state index contributed by atoms with van der Waals surface area (Å²) in [5, 5.41) is 25.2. The van der Waals surface area contributed by atoms with Gasteiger partial charge in [0.2, 0.25) is 0 Å². The van der Waals surface area contributed by atoms with Crippen molar-refractivity contribution in [2.75, 3.05) is 0 Å². The summed E-state index contributed by atoms with van der Waals surface area (Å²) in [7, 11) is -2.92. The van der Waals surface area contributed by atoms with Gasteiger partial charge in [-0.2, -0.15) is 0 Å². The minimum absolute atomic E-state index is 0. The van der Waals surface area contributed by atoms with Crippen LogP contribution in [0.15, 0.2) is 0 Å². The van der Waals surface area contributed by atoms with Gasteiger partial charge in [0, 0.05) is 0 Å². The van der Waals surface area contributed by atoms with Crippen LogP contribution in [0.5, 0.6) is 0 Å². The molecule has 0 saturated heterocycles. The van der Waals surface area contributed by atoms with Crippen molar-refractivity contribution in [3.63, 3.8) is 0 Å². The van der Waals surface area contributed by atoms with E-state index >= 15 is 0 Å². The first-order valence-electron chi connectivity index (χ1n) is 0.707. The molecule has 0 fully saturated rings. The first kappa shape index (κ1) is 15.8. The van der Waals surface area contributed by atoms with Gasteiger partial charge in [0.25, 0.3) is 0 Å². The van der Waals surface area contributed by atoms with Crippen LogP contribution >= 0.6 is 0 Å². The Balaban J connectivity index is -0.0000000450. The van der Waals surface area contributed by atoms with E-state index in [1.165, 1.54) is 0 Å². The van der Waals surface area contributed by atoms with Crippen LogP contribution in [0.25, 0.3) is 0 Å². The molecule has 3 nitrogen and oxygen atoms in total. The Morgan fingerprint density at radius 3 is 1.00 bits per heavy atom. The molecule has 0 spiro atoms. The zero-order valence-corrected chi connectivity index (χ0v) is 6.95. The molecule has 0 N–H and O–H groups in total. The van der Waals surface area contributed by atoms with Gasteiger partial charge in [-0.25, -0.2) is 0 Å². The Kier molecular flexibility index (Phi) is 27.5. The van der Waals surface area contributed by atoms with Crippen LogP contribution in [0.3, 0.4) is 0 Å². The van der Waals surface area contributed by atoms with Crippen molar-refractivity contribution in [1.29, 1.82) is 0 Å². The van der Waals surface area contributed by atoms with Gasteiger partial charge in [0.15, 0.2) is 0 Å². The quantitative estimate of drug-likeness (QED) is 0.415. The van der Waals surface area contributed by atoms with Gasteiger partial charge in [0.05, 0.1) is 0 Å². The number of rotatable bonds is 0. The first-order chi connectivity index (χ1) is 1.73. The normalized spacial score (nSPS) is 4.50. The average Bonchev–Trinajstić information content (AvgIpc) is 0.811. The molecular formula is BCaHoO3+2. The van der Waals surface area contributed by atoms with E-state index < -0.39 is 7.32 Å². The fourth-order valence-corrected chi connectivity index (χ4v) is 0. The monoisotopic (exact) mass is 264 g/mol. The summed E-state index contributed by atoms with van der Waals surface area (Å²) in [6.07, 6.45) is 0. The van der Waals surface area contributed by atoms with Crippen molar-refractivity contribution in [3.8, 4) is 0 Å². The van der Waals surface area contributed by atoms with Crippen LogP contribution in [-0.4, -0.2) is 45.1 Å². The van der Waals surface area contributed by atoms with E-state index in [-0.39, 0.29) is 75.5 Å². The molecule has 6 heavy (non-hydrogen) atoms. The van der Waals surface area contributed by atoms with E-state index in [0.717, 1.165) is 0 Å². The summed E-state index contributed by atoms with van der Waals surface area (Å²) in [4.78, 5) is 0. The van der Waals surface area contributed by atoms with Crippen molar-refractivity contribution >= 4 is 45.1 Å². The smallest absolute Gasteiger partial charge is 0.907 e. The Labute approximate surface area is 95.9 Å². The second kappa shape index (κ2) is 10.4. The third-order valence-electron chi connectivity index (χ3n) is 0. The molecule has 32 valence electrons. The molecule has 0 rings (SSSR count). The summed E-state index contributed by atoms with van der Waals surface area (Å²) in [6.45, 7) is 0. The van der Waals surface area contributed by atoms with Gasteiger partial charge in [-0.1, -0.05) is 0 Å². The Bertz CT molecular complexity index is 15.5. The van der Waals surface area contributed by atoms with Gasteiger partial charge < -0.3 is 15.1 Å². The summed E-state index contributed by atoms with van der Waals surface area (Å²) >= 11 is 0. The predicted molar refractivity (Wildman–Crippen MR) is 11.5 cm³/mol. The molecule has 0 aliphatic heterocycles. The van der Waals surface area contributed by atoms with Crippen molar-refractivity contribution in [2.45, 2.75) is 0 Å². The summed E-state index contributed by atoms with van der Waals surface area (Å²) in [6, 6.07) is 0. The molecular weight excluding hydrogens is 264 g/mol. The van der Waals surface area contributed by atoms with Crippen LogP contribution in [0, 0.1) is 37.7 Å². The summed E-state index contributed by atoms with van der Waals surface area (Å²) in [5.41, 5.74) is 0. The summed E-state index contributed by atoms with van der Waals surface area (Å²) in [5.74, 6) is 0. The molecule has 0 aliphatic rings. The SMILES string of the molecule is [Ca+2].[Ho+3].[O-]B([O-])[O-]. The molecule has 0 aromatic heterocycles. The number of hydrogen-bond donors (Lipinski definition) is 0. The van der Waals surface area contributed by atoms with Gasteiger partial charge in [-0.05, 0) is 0 Å². The van der Waals surface area contributed by atoms with Crippen LogP contribution in [0.1, 0.15) is 0 Å².